The molecule has 1 heterocycles. The van der Waals surface area contributed by atoms with Gasteiger partial charge in [0, 0.05) is 27.8 Å². The van der Waals surface area contributed by atoms with Crippen LogP contribution in [0.1, 0.15) is 22.3 Å². The molecule has 0 unspecified atom stereocenters. The lowest BCUT2D eigenvalue weighted by Gasteiger charge is -2.30. The zero-order valence-electron chi connectivity index (χ0n) is 59.4. The van der Waals surface area contributed by atoms with Gasteiger partial charge in [0.25, 0.3) is 0 Å². The molecule has 0 aliphatic carbocycles. The molecule has 19 aromatic carbocycles. The predicted molar refractivity (Wildman–Crippen MR) is 452 cm³/mol. The minimum absolute atomic E-state index is 0.864. The van der Waals surface area contributed by atoms with E-state index in [0.717, 1.165) is 111 Å². The second-order valence-corrected chi connectivity index (χ2v) is 28.7. The molecule has 0 bridgehead atoms. The standard InChI is InChI=1S/C104H71NO/c1-64-48-57-86(66(3)60-64)105(87-58-49-65(2)61-67(87)4)79-54-50-75(51-55-79)93-92(71-33-15-7-16-34-71)97(78-42-25-41-76(62-78)77-52-56-81-89(63-77)106-88-59-53-68-28-23-24-43-80(68)98(81)88)104-85-47-27-45-83-100(85)99-82(44-26-46-84(99)103(104)96(93)74-39-21-10-22-40-74)101-94(72-35-17-8-18-36-72)90(69-29-11-5-12-30-69)91(70-31-13-6-14-32-70)95(102(83)101)73-37-19-9-20-38-73/h5-63H,1-4H3. The van der Waals surface area contributed by atoms with Crippen molar-refractivity contribution in [2.45, 2.75) is 27.7 Å². The Hall–Kier alpha value is -13.4. The highest BCUT2D eigenvalue weighted by atomic mass is 16.3. The molecule has 498 valence electrons. The van der Waals surface area contributed by atoms with Gasteiger partial charge in [0.15, 0.2) is 0 Å². The van der Waals surface area contributed by atoms with E-state index in [9.17, 15) is 0 Å². The summed E-state index contributed by atoms with van der Waals surface area (Å²) in [5, 5.41) is 16.8. The van der Waals surface area contributed by atoms with E-state index in [-0.39, 0.29) is 0 Å². The van der Waals surface area contributed by atoms with Crippen LogP contribution in [0.15, 0.2) is 362 Å². The van der Waals surface area contributed by atoms with Gasteiger partial charge < -0.3 is 9.32 Å². The first-order valence-electron chi connectivity index (χ1n) is 36.9. The molecule has 1 aromatic heterocycles. The number of benzene rings is 19. The average Bonchev–Trinajstić information content (AvgIpc) is 0.768. The minimum atomic E-state index is 0.864. The summed E-state index contributed by atoms with van der Waals surface area (Å²) < 4.78 is 6.85. The molecule has 0 radical (unpaired) electrons. The molecule has 0 spiro atoms. The summed E-state index contributed by atoms with van der Waals surface area (Å²) in [6.45, 7) is 8.85. The fourth-order valence-electron chi connectivity index (χ4n) is 17.9. The number of hydrogen-bond donors (Lipinski definition) is 0. The third kappa shape index (κ3) is 10.0. The predicted octanol–water partition coefficient (Wildman–Crippen LogP) is 29.6. The lowest BCUT2D eigenvalue weighted by atomic mass is 9.73. The summed E-state index contributed by atoms with van der Waals surface area (Å²) in [5.74, 6) is 0. The van der Waals surface area contributed by atoms with Crippen molar-refractivity contribution in [2.24, 2.45) is 0 Å². The van der Waals surface area contributed by atoms with E-state index in [0.29, 0.717) is 0 Å². The zero-order chi connectivity index (χ0) is 70.7. The maximum atomic E-state index is 6.85. The highest BCUT2D eigenvalue weighted by molar-refractivity contribution is 6.46. The number of anilines is 3. The molecule has 0 amide bonds. The van der Waals surface area contributed by atoms with E-state index in [2.05, 4.69) is 391 Å². The molecule has 2 nitrogen and oxygen atoms in total. The molecule has 0 N–H and O–H groups in total. The molecule has 106 heavy (non-hydrogen) atoms. The average molecular weight is 1350 g/mol. The van der Waals surface area contributed by atoms with Crippen LogP contribution in [0.2, 0.25) is 0 Å². The molecular formula is C104H71NO. The number of furan rings is 1. The van der Waals surface area contributed by atoms with Crippen molar-refractivity contribution in [1.29, 1.82) is 0 Å². The van der Waals surface area contributed by atoms with Crippen LogP contribution in [-0.2, 0) is 0 Å². The maximum Gasteiger partial charge on any atom is 0.136 e. The van der Waals surface area contributed by atoms with Crippen molar-refractivity contribution in [3.63, 3.8) is 0 Å². The van der Waals surface area contributed by atoms with Gasteiger partial charge in [-0.15, -0.1) is 0 Å². The van der Waals surface area contributed by atoms with Crippen LogP contribution in [0.5, 0.6) is 0 Å². The number of aryl methyl sites for hydroxylation is 4. The van der Waals surface area contributed by atoms with Gasteiger partial charge >= 0.3 is 0 Å². The smallest absolute Gasteiger partial charge is 0.136 e. The first kappa shape index (κ1) is 62.4. The summed E-state index contributed by atoms with van der Waals surface area (Å²) in [6, 6.07) is 134. The van der Waals surface area contributed by atoms with Gasteiger partial charge in [0.1, 0.15) is 11.2 Å². The Morgan fingerprint density at radius 1 is 0.198 bits per heavy atom. The lowest BCUT2D eigenvalue weighted by molar-refractivity contribution is 0.669. The molecule has 20 aromatic rings. The molecule has 0 saturated carbocycles. The Kier molecular flexibility index (Phi) is 14.9. The minimum Gasteiger partial charge on any atom is -0.456 e. The van der Waals surface area contributed by atoms with Crippen molar-refractivity contribution in [3.05, 3.63) is 380 Å². The molecule has 0 aliphatic heterocycles. The molecule has 0 atom stereocenters. The SMILES string of the molecule is Cc1ccc(N(c2ccc(-c3c(-c4ccccc4)c(-c4cccc(-c5ccc6c(c5)oc5ccc7ccccc7c56)c4)c4c5cccc6c7c(-c8ccccc8)c(-c8ccccc8)c(-c8ccccc8)c(-c8ccccc8)c7c7cccc(c4c3-c3ccccc3)c7c65)cc2)c2ccc(C)cc2C)c(C)c1. The van der Waals surface area contributed by atoms with Gasteiger partial charge in [-0.2, -0.15) is 0 Å². The van der Waals surface area contributed by atoms with Crippen molar-refractivity contribution in [2.75, 3.05) is 4.90 Å². The Balaban J connectivity index is 0.980. The first-order chi connectivity index (χ1) is 52.3. The van der Waals surface area contributed by atoms with E-state index < -0.39 is 0 Å². The third-order valence-corrected chi connectivity index (χ3v) is 22.3. The van der Waals surface area contributed by atoms with E-state index >= 15 is 0 Å². The summed E-state index contributed by atoms with van der Waals surface area (Å²) in [6.07, 6.45) is 0. The normalized spacial score (nSPS) is 11.8. The van der Waals surface area contributed by atoms with Gasteiger partial charge in [0.2, 0.25) is 0 Å². The maximum absolute atomic E-state index is 6.85. The van der Waals surface area contributed by atoms with Crippen molar-refractivity contribution >= 4 is 104 Å². The number of nitrogens with zero attached hydrogens (tertiary/aromatic N) is 1. The van der Waals surface area contributed by atoms with Gasteiger partial charge in [-0.1, -0.05) is 321 Å². The molecule has 0 fully saturated rings. The van der Waals surface area contributed by atoms with Crippen LogP contribution >= 0.6 is 0 Å². The van der Waals surface area contributed by atoms with Gasteiger partial charge in [-0.25, -0.2) is 0 Å². The summed E-state index contributed by atoms with van der Waals surface area (Å²) in [7, 11) is 0. The van der Waals surface area contributed by atoms with E-state index in [4.69, 9.17) is 4.42 Å². The second kappa shape index (κ2) is 25.2. The molecule has 0 saturated heterocycles. The number of fused-ring (bicyclic) bond motifs is 11. The Morgan fingerprint density at radius 3 is 0.972 bits per heavy atom. The van der Waals surface area contributed by atoms with Crippen molar-refractivity contribution in [3.8, 4) is 100 Å². The van der Waals surface area contributed by atoms with Gasteiger partial charge in [0.05, 0.1) is 0 Å². The van der Waals surface area contributed by atoms with E-state index in [1.165, 1.54) is 115 Å². The number of rotatable bonds is 12. The van der Waals surface area contributed by atoms with Crippen LogP contribution in [0, 0.1) is 27.7 Å². The molecule has 0 aliphatic rings. The van der Waals surface area contributed by atoms with Crippen LogP contribution in [0.4, 0.5) is 17.1 Å². The largest absolute Gasteiger partial charge is 0.456 e. The Morgan fingerprint density at radius 2 is 0.538 bits per heavy atom. The van der Waals surface area contributed by atoms with Crippen LogP contribution in [0.25, 0.3) is 187 Å². The highest BCUT2D eigenvalue weighted by Crippen LogP contribution is 2.60. The fourth-order valence-corrected chi connectivity index (χ4v) is 17.9. The van der Waals surface area contributed by atoms with Crippen molar-refractivity contribution < 1.29 is 4.42 Å². The van der Waals surface area contributed by atoms with Crippen molar-refractivity contribution in [1.82, 2.24) is 0 Å². The number of hydrogen-bond acceptors (Lipinski definition) is 2. The topological polar surface area (TPSA) is 16.4 Å². The summed E-state index contributed by atoms with van der Waals surface area (Å²) in [5.41, 5.74) is 30.8. The second-order valence-electron chi connectivity index (χ2n) is 28.7. The quantitative estimate of drug-likeness (QED) is 0.0895. The van der Waals surface area contributed by atoms with Crippen LogP contribution in [0.3, 0.4) is 0 Å². The lowest BCUT2D eigenvalue weighted by Crippen LogP contribution is -2.13. The highest BCUT2D eigenvalue weighted by Gasteiger charge is 2.33. The monoisotopic (exact) mass is 1350 g/mol. The van der Waals surface area contributed by atoms with E-state index in [1.54, 1.807) is 0 Å². The molecular weight excluding hydrogens is 1280 g/mol. The van der Waals surface area contributed by atoms with E-state index in [1.807, 2.05) is 0 Å². The molecule has 2 heteroatoms. The van der Waals surface area contributed by atoms with Gasteiger partial charge in [-0.05, 0) is 252 Å². The Labute approximate surface area is 617 Å². The van der Waals surface area contributed by atoms with Gasteiger partial charge in [-0.3, -0.25) is 0 Å². The van der Waals surface area contributed by atoms with Crippen LogP contribution < -0.4 is 4.90 Å². The fraction of sp³-hybridized carbons (Fsp3) is 0.0385. The third-order valence-electron chi connectivity index (χ3n) is 22.3. The Bertz CT molecular complexity index is 6810. The first-order valence-corrected chi connectivity index (χ1v) is 36.9. The van der Waals surface area contributed by atoms with Crippen LogP contribution in [-0.4, -0.2) is 0 Å². The summed E-state index contributed by atoms with van der Waals surface area (Å²) >= 11 is 0. The molecule has 20 rings (SSSR count). The summed E-state index contributed by atoms with van der Waals surface area (Å²) in [4.78, 5) is 2.46. The zero-order valence-corrected chi connectivity index (χ0v) is 59.4.